The number of para-hydroxylation sites is 2. The Morgan fingerprint density at radius 2 is 1.66 bits per heavy atom. The fourth-order valence-corrected chi connectivity index (χ4v) is 3.93. The van der Waals surface area contributed by atoms with E-state index in [1.54, 1.807) is 31.2 Å². The van der Waals surface area contributed by atoms with Gasteiger partial charge in [-0.15, -0.1) is 13.2 Å². The Balaban J connectivity index is 1.72. The van der Waals surface area contributed by atoms with Gasteiger partial charge in [-0.1, -0.05) is 12.1 Å². The smallest absolute Gasteiger partial charge is 0.406 e. The van der Waals surface area contributed by atoms with Crippen LogP contribution in [0.4, 0.5) is 17.6 Å². The van der Waals surface area contributed by atoms with Crippen LogP contribution < -0.4 is 14.2 Å². The molecule has 2 heterocycles. The molecule has 0 saturated carbocycles. The summed E-state index contributed by atoms with van der Waals surface area (Å²) in [5, 5.41) is 2.59. The Labute approximate surface area is 213 Å². The van der Waals surface area contributed by atoms with E-state index in [0.717, 1.165) is 18.3 Å². The van der Waals surface area contributed by atoms with Gasteiger partial charge in [-0.05, 0) is 43.3 Å². The maximum absolute atomic E-state index is 13.5. The van der Waals surface area contributed by atoms with E-state index in [0.29, 0.717) is 23.4 Å². The molecule has 2 aromatic heterocycles. The lowest BCUT2D eigenvalue weighted by Gasteiger charge is -2.18. The summed E-state index contributed by atoms with van der Waals surface area (Å²) < 4.78 is 83.4. The number of nitrogens with zero attached hydrogens (tertiary/aromatic N) is 3. The predicted octanol–water partition coefficient (Wildman–Crippen LogP) is 4.56. The summed E-state index contributed by atoms with van der Waals surface area (Å²) in [7, 11) is -4.13. The lowest BCUT2D eigenvalue weighted by atomic mass is 10.1. The molecule has 0 aliphatic carbocycles. The van der Waals surface area contributed by atoms with Gasteiger partial charge in [0.25, 0.3) is 5.91 Å². The number of hydrogen-bond donors (Lipinski definition) is 1. The SMILES string of the molecule is C[C@H](NC(=O)c1cc(OC(F)(F)F)cc(OS(C)(=O)=O)c1)c1nc2ccccc2nc1-c1ccc(F)cn1. The third kappa shape index (κ3) is 6.70. The van der Waals surface area contributed by atoms with Crippen molar-refractivity contribution in [1.29, 1.82) is 0 Å². The van der Waals surface area contributed by atoms with Crippen LogP contribution >= 0.6 is 0 Å². The zero-order valence-corrected chi connectivity index (χ0v) is 20.5. The second-order valence-electron chi connectivity index (χ2n) is 8.03. The molecule has 0 spiro atoms. The van der Waals surface area contributed by atoms with Crippen molar-refractivity contribution in [3.05, 3.63) is 77.9 Å². The molecule has 2 aromatic carbocycles. The molecule has 38 heavy (non-hydrogen) atoms. The summed E-state index contributed by atoms with van der Waals surface area (Å²) >= 11 is 0. The number of nitrogens with one attached hydrogen (secondary N) is 1. The minimum Gasteiger partial charge on any atom is -0.406 e. The topological polar surface area (TPSA) is 120 Å². The highest BCUT2D eigenvalue weighted by Gasteiger charge is 2.32. The number of carbonyl (C=O) groups is 1. The van der Waals surface area contributed by atoms with Crippen molar-refractivity contribution in [2.75, 3.05) is 6.26 Å². The molecule has 198 valence electrons. The van der Waals surface area contributed by atoms with Gasteiger partial charge < -0.3 is 14.2 Å². The van der Waals surface area contributed by atoms with Crippen molar-refractivity contribution >= 4 is 27.1 Å². The first-order valence-electron chi connectivity index (χ1n) is 10.8. The van der Waals surface area contributed by atoms with Crippen LogP contribution in [0, 0.1) is 5.82 Å². The molecule has 9 nitrogen and oxygen atoms in total. The van der Waals surface area contributed by atoms with Gasteiger partial charge in [0.05, 0.1) is 40.9 Å². The summed E-state index contributed by atoms with van der Waals surface area (Å²) in [6.07, 6.45) is -3.42. The number of rotatable bonds is 7. The monoisotopic (exact) mass is 550 g/mol. The van der Waals surface area contributed by atoms with E-state index in [9.17, 15) is 30.8 Å². The van der Waals surface area contributed by atoms with Gasteiger partial charge in [0, 0.05) is 11.6 Å². The fraction of sp³-hybridized carbons (Fsp3) is 0.167. The Hall–Kier alpha value is -4.33. The minimum absolute atomic E-state index is 0.242. The van der Waals surface area contributed by atoms with Gasteiger partial charge in [-0.25, -0.2) is 14.4 Å². The minimum atomic E-state index is -5.11. The normalized spacial score (nSPS) is 12.7. The number of carbonyl (C=O) groups excluding carboxylic acids is 1. The number of benzene rings is 2. The number of alkyl halides is 3. The van der Waals surface area contributed by atoms with Gasteiger partial charge in [0.1, 0.15) is 23.0 Å². The molecular weight excluding hydrogens is 532 g/mol. The van der Waals surface area contributed by atoms with E-state index >= 15 is 0 Å². The zero-order valence-electron chi connectivity index (χ0n) is 19.7. The second kappa shape index (κ2) is 10.2. The molecule has 0 radical (unpaired) electrons. The van der Waals surface area contributed by atoms with Gasteiger partial charge >= 0.3 is 16.5 Å². The Morgan fingerprint density at radius 3 is 2.26 bits per heavy atom. The first-order chi connectivity index (χ1) is 17.8. The molecule has 0 aliphatic rings. The Bertz CT molecular complexity index is 1610. The average Bonchev–Trinajstić information content (AvgIpc) is 2.81. The molecular formula is C24H18F4N4O5S. The van der Waals surface area contributed by atoms with Crippen molar-refractivity contribution in [2.24, 2.45) is 0 Å². The average molecular weight is 550 g/mol. The number of hydrogen-bond acceptors (Lipinski definition) is 8. The number of pyridine rings is 1. The van der Waals surface area contributed by atoms with Crippen molar-refractivity contribution in [3.8, 4) is 22.9 Å². The molecule has 1 amide bonds. The quantitative estimate of drug-likeness (QED) is 0.263. The highest BCUT2D eigenvalue weighted by molar-refractivity contribution is 7.86. The first-order valence-corrected chi connectivity index (χ1v) is 12.6. The van der Waals surface area contributed by atoms with Crippen molar-refractivity contribution in [2.45, 2.75) is 19.3 Å². The molecule has 4 rings (SSSR count). The first kappa shape index (κ1) is 26.7. The maximum atomic E-state index is 13.5. The van der Waals surface area contributed by atoms with Crippen LogP contribution in [-0.4, -0.2) is 41.9 Å². The molecule has 0 aliphatic heterocycles. The van der Waals surface area contributed by atoms with Crippen molar-refractivity contribution < 1.29 is 39.7 Å². The number of aromatic nitrogens is 3. The summed E-state index contributed by atoms with van der Waals surface area (Å²) in [5.74, 6) is -2.89. The van der Waals surface area contributed by atoms with Crippen molar-refractivity contribution in [1.82, 2.24) is 20.3 Å². The lowest BCUT2D eigenvalue weighted by Crippen LogP contribution is -2.28. The molecule has 0 saturated heterocycles. The predicted molar refractivity (Wildman–Crippen MR) is 127 cm³/mol. The largest absolute Gasteiger partial charge is 0.573 e. The molecule has 4 aromatic rings. The fourth-order valence-electron chi connectivity index (χ4n) is 3.49. The van der Waals surface area contributed by atoms with Crippen LogP contribution in [0.1, 0.15) is 29.0 Å². The molecule has 0 bridgehead atoms. The van der Waals surface area contributed by atoms with Gasteiger partial charge in [0.2, 0.25) is 0 Å². The van der Waals surface area contributed by atoms with Crippen LogP contribution in [0.25, 0.3) is 22.4 Å². The van der Waals surface area contributed by atoms with Crippen LogP contribution in [0.5, 0.6) is 11.5 Å². The molecule has 14 heteroatoms. The van der Waals surface area contributed by atoms with Crippen LogP contribution in [0.15, 0.2) is 60.8 Å². The van der Waals surface area contributed by atoms with Gasteiger partial charge in [-0.2, -0.15) is 8.42 Å². The zero-order chi connectivity index (χ0) is 27.7. The van der Waals surface area contributed by atoms with E-state index in [-0.39, 0.29) is 22.6 Å². The number of fused-ring (bicyclic) bond motifs is 1. The highest BCUT2D eigenvalue weighted by Crippen LogP contribution is 2.30. The van der Waals surface area contributed by atoms with E-state index in [2.05, 4.69) is 29.2 Å². The van der Waals surface area contributed by atoms with Crippen molar-refractivity contribution in [3.63, 3.8) is 0 Å². The van der Waals surface area contributed by atoms with E-state index in [1.165, 1.54) is 12.1 Å². The third-order valence-electron chi connectivity index (χ3n) is 4.95. The molecule has 0 fully saturated rings. The summed E-state index contributed by atoms with van der Waals surface area (Å²) in [6, 6.07) is 11.0. The number of ether oxygens (including phenoxy) is 1. The number of amides is 1. The van der Waals surface area contributed by atoms with Crippen LogP contribution in [0.3, 0.4) is 0 Å². The second-order valence-corrected chi connectivity index (χ2v) is 9.61. The molecule has 0 unspecified atom stereocenters. The number of halogens is 4. The standard InChI is InChI=1S/C24H18F4N4O5S/c1-13(21-22(20-8-7-15(25)12-29-20)32-19-6-4-3-5-18(19)31-21)30-23(33)14-9-16(36-24(26,27)28)11-17(10-14)37-38(2,34)35/h3-13H,1-2H3,(H,30,33)/t13-/m0/s1. The highest BCUT2D eigenvalue weighted by atomic mass is 32.2. The van der Waals surface area contributed by atoms with Gasteiger partial charge in [-0.3, -0.25) is 9.78 Å². The third-order valence-corrected chi connectivity index (χ3v) is 5.44. The summed E-state index contributed by atoms with van der Waals surface area (Å²) in [4.78, 5) is 26.2. The molecule has 1 atom stereocenters. The Morgan fingerprint density at radius 1 is 1.00 bits per heavy atom. The van der Waals surface area contributed by atoms with Gasteiger partial charge in [0.15, 0.2) is 0 Å². The van der Waals surface area contributed by atoms with Crippen LogP contribution in [-0.2, 0) is 10.1 Å². The Kier molecular flexibility index (Phi) is 7.18. The summed E-state index contributed by atoms with van der Waals surface area (Å²) in [5.41, 5.74) is 1.37. The van der Waals surface area contributed by atoms with Crippen LogP contribution in [0.2, 0.25) is 0 Å². The molecule has 1 N–H and O–H groups in total. The maximum Gasteiger partial charge on any atom is 0.573 e. The van der Waals surface area contributed by atoms with E-state index in [1.807, 2.05) is 0 Å². The lowest BCUT2D eigenvalue weighted by molar-refractivity contribution is -0.274. The van der Waals surface area contributed by atoms with E-state index < -0.39 is 45.7 Å². The summed E-state index contributed by atoms with van der Waals surface area (Å²) in [6.45, 7) is 1.55. The van der Waals surface area contributed by atoms with E-state index in [4.69, 9.17) is 0 Å².